The van der Waals surface area contributed by atoms with Crippen LogP contribution in [0.3, 0.4) is 0 Å². The van der Waals surface area contributed by atoms with E-state index in [4.69, 9.17) is 9.15 Å². The lowest BCUT2D eigenvalue weighted by Crippen LogP contribution is -2.42. The van der Waals surface area contributed by atoms with Crippen LogP contribution in [0, 0.1) is 6.92 Å². The average Bonchev–Trinajstić information content (AvgIpc) is 3.20. The minimum atomic E-state index is -0.150. The molecule has 1 aliphatic heterocycles. The number of hydrogen-bond acceptors (Lipinski definition) is 4. The van der Waals surface area contributed by atoms with Crippen LogP contribution in [0.5, 0.6) is 0 Å². The van der Waals surface area contributed by atoms with Crippen molar-refractivity contribution in [3.63, 3.8) is 0 Å². The fourth-order valence-corrected chi connectivity index (χ4v) is 3.07. The van der Waals surface area contributed by atoms with Gasteiger partial charge < -0.3 is 14.1 Å². The van der Waals surface area contributed by atoms with E-state index in [1.165, 1.54) is 0 Å². The predicted octanol–water partition coefficient (Wildman–Crippen LogP) is 2.69. The van der Waals surface area contributed by atoms with E-state index < -0.39 is 0 Å². The van der Waals surface area contributed by atoms with Crippen molar-refractivity contribution < 1.29 is 13.9 Å². The maximum atomic E-state index is 12.8. The van der Waals surface area contributed by atoms with Crippen LogP contribution in [-0.2, 0) is 11.8 Å². The van der Waals surface area contributed by atoms with E-state index in [9.17, 15) is 4.79 Å². The zero-order valence-electron chi connectivity index (χ0n) is 13.7. The third-order valence-electron chi connectivity index (χ3n) is 4.33. The van der Waals surface area contributed by atoms with Crippen LogP contribution < -0.4 is 0 Å². The van der Waals surface area contributed by atoms with Crippen molar-refractivity contribution >= 4 is 16.9 Å². The summed E-state index contributed by atoms with van der Waals surface area (Å²) in [6, 6.07) is 7.72. The number of aromatic nitrogens is 2. The SMILES string of the molecule is Cc1ccc2oc(C(=O)N3CCOC(c4cnn(C)c4)C3)cc2c1. The molecule has 6 heteroatoms. The maximum Gasteiger partial charge on any atom is 0.289 e. The number of aryl methyl sites for hydroxylation is 2. The first-order chi connectivity index (χ1) is 11.6. The summed E-state index contributed by atoms with van der Waals surface area (Å²) in [6.07, 6.45) is 3.55. The monoisotopic (exact) mass is 325 g/mol. The van der Waals surface area contributed by atoms with Gasteiger partial charge in [0.1, 0.15) is 11.7 Å². The molecule has 0 bridgehead atoms. The second kappa shape index (κ2) is 5.79. The van der Waals surface area contributed by atoms with Gasteiger partial charge in [-0.15, -0.1) is 0 Å². The Bertz CT molecular complexity index is 896. The maximum absolute atomic E-state index is 12.8. The lowest BCUT2D eigenvalue weighted by Gasteiger charge is -2.32. The molecule has 0 N–H and O–H groups in total. The molecule has 1 fully saturated rings. The van der Waals surface area contributed by atoms with Gasteiger partial charge in [0.25, 0.3) is 5.91 Å². The van der Waals surface area contributed by atoms with Gasteiger partial charge in [0.2, 0.25) is 0 Å². The highest BCUT2D eigenvalue weighted by atomic mass is 16.5. The fraction of sp³-hybridized carbons (Fsp3) is 0.333. The Kier molecular flexibility index (Phi) is 3.61. The number of rotatable bonds is 2. The highest BCUT2D eigenvalue weighted by molar-refractivity contribution is 5.96. The molecule has 0 saturated carbocycles. The Balaban J connectivity index is 1.56. The standard InChI is InChI=1S/C18H19N3O3/c1-12-3-4-15-13(7-12)8-16(24-15)18(22)21-5-6-23-17(11-21)14-9-19-20(2)10-14/h3-4,7-10,17H,5-6,11H2,1-2H3. The summed E-state index contributed by atoms with van der Waals surface area (Å²) in [6.45, 7) is 3.59. The smallest absolute Gasteiger partial charge is 0.289 e. The Morgan fingerprint density at radius 3 is 3.00 bits per heavy atom. The van der Waals surface area contributed by atoms with Crippen LogP contribution in [0.4, 0.5) is 0 Å². The molecule has 4 rings (SSSR count). The Morgan fingerprint density at radius 2 is 2.21 bits per heavy atom. The largest absolute Gasteiger partial charge is 0.451 e. The van der Waals surface area contributed by atoms with Gasteiger partial charge in [0.15, 0.2) is 5.76 Å². The first-order valence-electron chi connectivity index (χ1n) is 8.00. The molecule has 0 radical (unpaired) electrons. The summed E-state index contributed by atoms with van der Waals surface area (Å²) >= 11 is 0. The molecule has 1 amide bonds. The van der Waals surface area contributed by atoms with Gasteiger partial charge in [-0.1, -0.05) is 11.6 Å². The lowest BCUT2D eigenvalue weighted by molar-refractivity contribution is -0.0237. The van der Waals surface area contributed by atoms with E-state index in [2.05, 4.69) is 5.10 Å². The average molecular weight is 325 g/mol. The number of amides is 1. The van der Waals surface area contributed by atoms with Crippen molar-refractivity contribution in [1.29, 1.82) is 0 Å². The topological polar surface area (TPSA) is 60.5 Å². The second-order valence-electron chi connectivity index (χ2n) is 6.21. The van der Waals surface area contributed by atoms with Gasteiger partial charge >= 0.3 is 0 Å². The lowest BCUT2D eigenvalue weighted by atomic mass is 10.1. The first-order valence-corrected chi connectivity index (χ1v) is 8.00. The van der Waals surface area contributed by atoms with Gasteiger partial charge in [-0.3, -0.25) is 9.48 Å². The molecule has 1 saturated heterocycles. The molecule has 3 aromatic rings. The molecule has 0 aliphatic carbocycles. The number of furan rings is 1. The van der Waals surface area contributed by atoms with E-state index >= 15 is 0 Å². The van der Waals surface area contributed by atoms with Crippen LogP contribution in [0.1, 0.15) is 27.8 Å². The fourth-order valence-electron chi connectivity index (χ4n) is 3.07. The summed E-state index contributed by atoms with van der Waals surface area (Å²) in [4.78, 5) is 14.6. The molecule has 1 atom stereocenters. The van der Waals surface area contributed by atoms with E-state index in [0.717, 1.165) is 22.1 Å². The number of ether oxygens (including phenoxy) is 1. The van der Waals surface area contributed by atoms with Gasteiger partial charge in [-0.2, -0.15) is 5.10 Å². The molecule has 124 valence electrons. The Labute approximate surface area is 139 Å². The number of carbonyl (C=O) groups excluding carboxylic acids is 1. The van der Waals surface area contributed by atoms with E-state index in [-0.39, 0.29) is 12.0 Å². The number of hydrogen-bond donors (Lipinski definition) is 0. The molecule has 6 nitrogen and oxygen atoms in total. The predicted molar refractivity (Wildman–Crippen MR) is 88.8 cm³/mol. The van der Waals surface area contributed by atoms with E-state index in [1.54, 1.807) is 15.8 Å². The summed E-state index contributed by atoms with van der Waals surface area (Å²) in [5, 5.41) is 5.13. The minimum absolute atomic E-state index is 0.0963. The molecular formula is C18H19N3O3. The van der Waals surface area contributed by atoms with Crippen molar-refractivity contribution in [2.24, 2.45) is 7.05 Å². The molecular weight excluding hydrogens is 306 g/mol. The van der Waals surface area contributed by atoms with Crippen molar-refractivity contribution in [2.75, 3.05) is 19.7 Å². The zero-order valence-corrected chi connectivity index (χ0v) is 13.7. The number of nitrogens with zero attached hydrogens (tertiary/aromatic N) is 3. The second-order valence-corrected chi connectivity index (χ2v) is 6.21. The molecule has 2 aromatic heterocycles. The van der Waals surface area contributed by atoms with E-state index in [1.807, 2.05) is 44.4 Å². The van der Waals surface area contributed by atoms with Gasteiger partial charge in [0.05, 0.1) is 19.3 Å². The Hall–Kier alpha value is -2.60. The normalized spacial score (nSPS) is 18.2. The van der Waals surface area contributed by atoms with Crippen molar-refractivity contribution in [1.82, 2.24) is 14.7 Å². The highest BCUT2D eigenvalue weighted by Gasteiger charge is 2.28. The molecule has 3 heterocycles. The molecule has 1 aliphatic rings. The minimum Gasteiger partial charge on any atom is -0.451 e. The summed E-state index contributed by atoms with van der Waals surface area (Å²) in [5.74, 6) is 0.281. The first kappa shape index (κ1) is 15.0. The number of morpholine rings is 1. The van der Waals surface area contributed by atoms with Crippen LogP contribution in [0.2, 0.25) is 0 Å². The third kappa shape index (κ3) is 2.69. The quantitative estimate of drug-likeness (QED) is 0.727. The summed E-state index contributed by atoms with van der Waals surface area (Å²) in [7, 11) is 1.87. The third-order valence-corrected chi connectivity index (χ3v) is 4.33. The van der Waals surface area contributed by atoms with Crippen LogP contribution in [0.15, 0.2) is 41.1 Å². The van der Waals surface area contributed by atoms with Crippen LogP contribution in [0.25, 0.3) is 11.0 Å². The highest BCUT2D eigenvalue weighted by Crippen LogP contribution is 2.25. The summed E-state index contributed by atoms with van der Waals surface area (Å²) in [5.41, 5.74) is 2.86. The van der Waals surface area contributed by atoms with Crippen LogP contribution >= 0.6 is 0 Å². The molecule has 1 unspecified atom stereocenters. The molecule has 24 heavy (non-hydrogen) atoms. The number of fused-ring (bicyclic) bond motifs is 1. The van der Waals surface area contributed by atoms with Gasteiger partial charge in [0, 0.05) is 30.7 Å². The number of carbonyl (C=O) groups is 1. The van der Waals surface area contributed by atoms with Gasteiger partial charge in [-0.05, 0) is 25.1 Å². The number of benzene rings is 1. The van der Waals surface area contributed by atoms with E-state index in [0.29, 0.717) is 25.5 Å². The van der Waals surface area contributed by atoms with Crippen LogP contribution in [-0.4, -0.2) is 40.3 Å². The van der Waals surface area contributed by atoms with Crippen molar-refractivity contribution in [3.8, 4) is 0 Å². The van der Waals surface area contributed by atoms with Crippen molar-refractivity contribution in [3.05, 3.63) is 53.5 Å². The van der Waals surface area contributed by atoms with Crippen molar-refractivity contribution in [2.45, 2.75) is 13.0 Å². The molecule has 1 aromatic carbocycles. The Morgan fingerprint density at radius 1 is 1.33 bits per heavy atom. The summed E-state index contributed by atoms with van der Waals surface area (Å²) < 4.78 is 13.3. The van der Waals surface area contributed by atoms with Gasteiger partial charge in [-0.25, -0.2) is 0 Å². The zero-order chi connectivity index (χ0) is 16.7. The molecule has 0 spiro atoms.